The summed E-state index contributed by atoms with van der Waals surface area (Å²) in [5.74, 6) is 0.983. The molecule has 2 aliphatic heterocycles. The molecule has 3 heterocycles. The molecule has 46 heavy (non-hydrogen) atoms. The largest absolute Gasteiger partial charge is 0.294 e. The number of pyridine rings is 1. The van der Waals surface area contributed by atoms with Crippen LogP contribution in [0.5, 0.6) is 0 Å². The molecule has 0 radical (unpaired) electrons. The fourth-order valence-corrected chi connectivity index (χ4v) is 9.01. The van der Waals surface area contributed by atoms with Gasteiger partial charge in [-0.15, -0.1) is 0 Å². The summed E-state index contributed by atoms with van der Waals surface area (Å²) in [4.78, 5) is 7.72. The maximum absolute atomic E-state index is 5.25. The monoisotopic (exact) mass is 586 g/mol. The second kappa shape index (κ2) is 9.15. The summed E-state index contributed by atoms with van der Waals surface area (Å²) in [5.41, 5.74) is 15.4. The molecule has 3 aliphatic rings. The van der Waals surface area contributed by atoms with Gasteiger partial charge in [0.15, 0.2) is 0 Å². The highest BCUT2D eigenvalue weighted by atomic mass is 15.2. The van der Waals surface area contributed by atoms with Gasteiger partial charge in [0.2, 0.25) is 0 Å². The average Bonchev–Trinajstić information content (AvgIpc) is 3.41. The Hall–Kier alpha value is -5.73. The van der Waals surface area contributed by atoms with Crippen LogP contribution in [0, 0.1) is 6.92 Å². The highest BCUT2D eigenvalue weighted by molar-refractivity contribution is 5.99. The normalized spacial score (nSPS) is 15.4. The van der Waals surface area contributed by atoms with Crippen molar-refractivity contribution in [1.29, 1.82) is 0 Å². The molecule has 0 amide bonds. The standard InChI is InChI=1S/C44H30N2/c1-29-25-26-36-40(28-29)46-41-37(22-12-23-38(41)44(36)34-20-10-8-18-32(34)33-19-9-11-21-35(33)44)43(30-14-4-2-5-15-30,31-16-6-3-7-17-31)39-24-13-27-45-42(39)46/h2-28H,1H3. The quantitative estimate of drug-likeness (QED) is 0.200. The van der Waals surface area contributed by atoms with Crippen molar-refractivity contribution in [2.75, 3.05) is 4.90 Å². The minimum atomic E-state index is -0.575. The number of fused-ring (bicyclic) bond motifs is 11. The summed E-state index contributed by atoms with van der Waals surface area (Å²) in [6.07, 6.45) is 1.95. The van der Waals surface area contributed by atoms with Gasteiger partial charge >= 0.3 is 0 Å². The maximum Gasteiger partial charge on any atom is 0.142 e. The minimum absolute atomic E-state index is 0.483. The first kappa shape index (κ1) is 25.6. The lowest BCUT2D eigenvalue weighted by Crippen LogP contribution is -2.43. The maximum atomic E-state index is 5.25. The van der Waals surface area contributed by atoms with E-state index in [0.29, 0.717) is 0 Å². The molecule has 2 nitrogen and oxygen atoms in total. The topological polar surface area (TPSA) is 16.1 Å². The van der Waals surface area contributed by atoms with Crippen molar-refractivity contribution in [3.63, 3.8) is 0 Å². The van der Waals surface area contributed by atoms with Crippen LogP contribution in [0.15, 0.2) is 164 Å². The van der Waals surface area contributed by atoms with Crippen LogP contribution < -0.4 is 4.90 Å². The van der Waals surface area contributed by atoms with Crippen molar-refractivity contribution in [2.45, 2.75) is 17.8 Å². The number of benzene rings is 6. The molecule has 2 heteroatoms. The van der Waals surface area contributed by atoms with Crippen LogP contribution in [0.25, 0.3) is 11.1 Å². The Labute approximate surface area is 269 Å². The zero-order chi connectivity index (χ0) is 30.5. The van der Waals surface area contributed by atoms with Crippen LogP contribution in [0.3, 0.4) is 0 Å². The predicted molar refractivity (Wildman–Crippen MR) is 186 cm³/mol. The second-order valence-electron chi connectivity index (χ2n) is 12.8. The molecule has 6 aromatic carbocycles. The number of hydrogen-bond donors (Lipinski definition) is 0. The molecule has 1 aromatic heterocycles. The van der Waals surface area contributed by atoms with Crippen molar-refractivity contribution < 1.29 is 0 Å². The Balaban J connectivity index is 1.45. The molecule has 0 unspecified atom stereocenters. The Morgan fingerprint density at radius 2 is 1.00 bits per heavy atom. The molecule has 1 spiro atoms. The lowest BCUT2D eigenvalue weighted by atomic mass is 9.58. The molecule has 0 N–H and O–H groups in total. The highest BCUT2D eigenvalue weighted by Gasteiger charge is 2.56. The van der Waals surface area contributed by atoms with E-state index >= 15 is 0 Å². The number of aryl methyl sites for hydroxylation is 1. The van der Waals surface area contributed by atoms with Crippen LogP contribution in [0.1, 0.15) is 50.1 Å². The van der Waals surface area contributed by atoms with Gasteiger partial charge in [0.1, 0.15) is 5.82 Å². The van der Waals surface area contributed by atoms with E-state index in [1.807, 2.05) is 6.20 Å². The molecular weight excluding hydrogens is 556 g/mol. The first-order valence-electron chi connectivity index (χ1n) is 16.1. The number of rotatable bonds is 2. The van der Waals surface area contributed by atoms with Gasteiger partial charge in [-0.1, -0.05) is 146 Å². The molecule has 0 bridgehead atoms. The minimum Gasteiger partial charge on any atom is -0.294 e. The number of aromatic nitrogens is 1. The molecule has 216 valence electrons. The van der Waals surface area contributed by atoms with Crippen LogP contribution in [0.4, 0.5) is 17.2 Å². The smallest absolute Gasteiger partial charge is 0.142 e. The van der Waals surface area contributed by atoms with Gasteiger partial charge in [0, 0.05) is 11.8 Å². The van der Waals surface area contributed by atoms with Gasteiger partial charge in [-0.2, -0.15) is 0 Å². The third-order valence-corrected chi connectivity index (χ3v) is 10.6. The molecule has 1 aliphatic carbocycles. The average molecular weight is 587 g/mol. The molecule has 0 saturated carbocycles. The van der Waals surface area contributed by atoms with E-state index in [-0.39, 0.29) is 0 Å². The first-order valence-corrected chi connectivity index (χ1v) is 16.1. The molecule has 0 atom stereocenters. The number of anilines is 3. The lowest BCUT2D eigenvalue weighted by molar-refractivity contribution is 0.692. The Bertz CT molecular complexity index is 2240. The summed E-state index contributed by atoms with van der Waals surface area (Å²) >= 11 is 0. The first-order chi connectivity index (χ1) is 22.8. The van der Waals surface area contributed by atoms with Crippen molar-refractivity contribution >= 4 is 17.2 Å². The van der Waals surface area contributed by atoms with Gasteiger partial charge < -0.3 is 0 Å². The highest BCUT2D eigenvalue weighted by Crippen LogP contribution is 2.67. The van der Waals surface area contributed by atoms with E-state index in [1.165, 1.54) is 72.6 Å². The van der Waals surface area contributed by atoms with Crippen LogP contribution in [-0.4, -0.2) is 4.98 Å². The van der Waals surface area contributed by atoms with Crippen LogP contribution >= 0.6 is 0 Å². The zero-order valence-electron chi connectivity index (χ0n) is 25.5. The van der Waals surface area contributed by atoms with E-state index in [1.54, 1.807) is 0 Å². The zero-order valence-corrected chi connectivity index (χ0v) is 25.5. The lowest BCUT2D eigenvalue weighted by Gasteiger charge is -2.52. The van der Waals surface area contributed by atoms with Gasteiger partial charge in [0.05, 0.1) is 22.2 Å². The number of nitrogens with zero attached hydrogens (tertiary/aromatic N) is 2. The second-order valence-corrected chi connectivity index (χ2v) is 12.8. The molecular formula is C44H30N2. The predicted octanol–water partition coefficient (Wildman–Crippen LogP) is 10.2. The van der Waals surface area contributed by atoms with Crippen LogP contribution in [0.2, 0.25) is 0 Å². The van der Waals surface area contributed by atoms with Crippen molar-refractivity contribution in [1.82, 2.24) is 4.98 Å². The Morgan fingerprint density at radius 3 is 1.65 bits per heavy atom. The summed E-state index contributed by atoms with van der Waals surface area (Å²) in [7, 11) is 0. The summed E-state index contributed by atoms with van der Waals surface area (Å²) in [6.45, 7) is 2.20. The third-order valence-electron chi connectivity index (χ3n) is 10.6. The van der Waals surface area contributed by atoms with E-state index in [4.69, 9.17) is 4.98 Å². The van der Waals surface area contributed by atoms with Gasteiger partial charge in [-0.05, 0) is 74.7 Å². The SMILES string of the molecule is Cc1ccc2c(c1)N1c3ncccc3C(c3ccccc3)(c3ccccc3)c3cccc(c31)C21c2ccccc2-c2ccccc21. The van der Waals surface area contributed by atoms with Gasteiger partial charge in [-0.3, -0.25) is 4.90 Å². The molecule has 7 aromatic rings. The van der Waals surface area contributed by atoms with E-state index in [0.717, 1.165) is 5.82 Å². The Kier molecular flexibility index (Phi) is 5.09. The fraction of sp³-hybridized carbons (Fsp3) is 0.0682. The Morgan fingerprint density at radius 1 is 0.457 bits per heavy atom. The van der Waals surface area contributed by atoms with E-state index in [9.17, 15) is 0 Å². The fourth-order valence-electron chi connectivity index (χ4n) is 9.01. The number of hydrogen-bond acceptors (Lipinski definition) is 2. The van der Waals surface area contributed by atoms with Gasteiger partial charge in [-0.25, -0.2) is 4.98 Å². The van der Waals surface area contributed by atoms with Crippen LogP contribution in [-0.2, 0) is 10.8 Å². The van der Waals surface area contributed by atoms with Crippen molar-refractivity contribution in [2.24, 2.45) is 0 Å². The van der Waals surface area contributed by atoms with Gasteiger partial charge in [0.25, 0.3) is 0 Å². The summed E-state index contributed by atoms with van der Waals surface area (Å²) < 4.78 is 0. The molecule has 0 saturated heterocycles. The van der Waals surface area contributed by atoms with E-state index in [2.05, 4.69) is 170 Å². The summed E-state index contributed by atoms with van der Waals surface area (Å²) in [5, 5.41) is 0. The summed E-state index contributed by atoms with van der Waals surface area (Å²) in [6, 6.07) is 58.6. The molecule has 10 rings (SSSR count). The van der Waals surface area contributed by atoms with Crippen molar-refractivity contribution in [3.8, 4) is 11.1 Å². The van der Waals surface area contributed by atoms with Crippen molar-refractivity contribution in [3.05, 3.63) is 214 Å². The third kappa shape index (κ3) is 2.95. The van der Waals surface area contributed by atoms with E-state index < -0.39 is 10.8 Å². The number of para-hydroxylation sites is 1. The molecule has 0 fully saturated rings.